The van der Waals surface area contributed by atoms with Crippen molar-refractivity contribution in [3.05, 3.63) is 47.5 Å². The monoisotopic (exact) mass is 346 g/mol. The first-order valence-electron chi connectivity index (χ1n) is 7.08. The summed E-state index contributed by atoms with van der Waals surface area (Å²) in [7, 11) is 3.13. The lowest BCUT2D eigenvalue weighted by Gasteiger charge is -2.14. The zero-order valence-electron chi connectivity index (χ0n) is 13.5. The largest absolute Gasteiger partial charge is 0.497 e. The lowest BCUT2D eigenvalue weighted by molar-refractivity contribution is 0.0697. The molecule has 0 aromatic heterocycles. The molecular weight excluding hydrogens is 328 g/mol. The second-order valence-corrected chi connectivity index (χ2v) is 5.42. The highest BCUT2D eigenvalue weighted by atomic mass is 32.1. The average Bonchev–Trinajstić information content (AvgIpc) is 2.56. The van der Waals surface area contributed by atoms with Gasteiger partial charge < -0.3 is 25.2 Å². The molecule has 0 aliphatic rings. The van der Waals surface area contributed by atoms with Gasteiger partial charge in [0.25, 0.3) is 0 Å². The van der Waals surface area contributed by atoms with Crippen LogP contribution in [0, 0.1) is 6.92 Å². The molecule has 7 heteroatoms. The fourth-order valence-corrected chi connectivity index (χ4v) is 2.28. The number of hydrogen-bond donors (Lipinski definition) is 3. The Morgan fingerprint density at radius 3 is 2.21 bits per heavy atom. The predicted octanol–water partition coefficient (Wildman–Crippen LogP) is 3.52. The van der Waals surface area contributed by atoms with Crippen LogP contribution in [0.15, 0.2) is 36.4 Å². The molecule has 0 aliphatic heterocycles. The number of aromatic carboxylic acids is 1. The Kier molecular flexibility index (Phi) is 5.59. The quantitative estimate of drug-likeness (QED) is 0.715. The molecule has 0 bridgehead atoms. The number of anilines is 2. The van der Waals surface area contributed by atoms with Crippen molar-refractivity contribution in [3.63, 3.8) is 0 Å². The van der Waals surface area contributed by atoms with E-state index in [0.717, 1.165) is 5.56 Å². The van der Waals surface area contributed by atoms with E-state index < -0.39 is 5.97 Å². The molecule has 24 heavy (non-hydrogen) atoms. The number of nitrogens with one attached hydrogen (secondary N) is 2. The number of carboxylic acids is 1. The summed E-state index contributed by atoms with van der Waals surface area (Å²) in [6.45, 7) is 1.87. The van der Waals surface area contributed by atoms with Crippen LogP contribution >= 0.6 is 12.2 Å². The van der Waals surface area contributed by atoms with E-state index in [1.54, 1.807) is 44.6 Å². The first kappa shape index (κ1) is 17.6. The van der Waals surface area contributed by atoms with Crippen LogP contribution in [0.5, 0.6) is 11.5 Å². The molecule has 126 valence electrons. The maximum absolute atomic E-state index is 11.1. The third-order valence-electron chi connectivity index (χ3n) is 3.34. The molecule has 2 aromatic carbocycles. The zero-order chi connectivity index (χ0) is 17.7. The summed E-state index contributed by atoms with van der Waals surface area (Å²) >= 11 is 5.29. The van der Waals surface area contributed by atoms with Crippen molar-refractivity contribution in [2.45, 2.75) is 6.92 Å². The number of ether oxygens (including phenoxy) is 2. The molecule has 0 unspecified atom stereocenters. The van der Waals surface area contributed by atoms with E-state index in [1.807, 2.05) is 6.92 Å². The Morgan fingerprint density at radius 2 is 1.67 bits per heavy atom. The molecule has 0 heterocycles. The van der Waals surface area contributed by atoms with Crippen LogP contribution in [-0.4, -0.2) is 30.4 Å². The number of carbonyl (C=O) groups is 1. The molecule has 2 aromatic rings. The van der Waals surface area contributed by atoms with E-state index >= 15 is 0 Å². The Bertz CT molecular complexity index is 755. The number of aryl methyl sites for hydroxylation is 1. The van der Waals surface area contributed by atoms with Crippen molar-refractivity contribution in [1.29, 1.82) is 0 Å². The summed E-state index contributed by atoms with van der Waals surface area (Å²) in [5, 5.41) is 15.4. The Hall–Kier alpha value is -2.80. The molecule has 0 spiro atoms. The minimum absolute atomic E-state index is 0.189. The topological polar surface area (TPSA) is 79.8 Å². The smallest absolute Gasteiger partial charge is 0.335 e. The number of hydrogen-bond acceptors (Lipinski definition) is 4. The Morgan fingerprint density at radius 1 is 1.04 bits per heavy atom. The summed E-state index contributed by atoms with van der Waals surface area (Å²) in [5.74, 6) is 0.266. The summed E-state index contributed by atoms with van der Waals surface area (Å²) in [6.07, 6.45) is 0. The van der Waals surface area contributed by atoms with Gasteiger partial charge in [-0.3, -0.25) is 0 Å². The number of rotatable bonds is 5. The van der Waals surface area contributed by atoms with Crippen molar-refractivity contribution in [2.75, 3.05) is 24.9 Å². The van der Waals surface area contributed by atoms with Crippen LogP contribution in [0.4, 0.5) is 11.4 Å². The van der Waals surface area contributed by atoms with E-state index in [1.165, 1.54) is 6.07 Å². The third-order valence-corrected chi connectivity index (χ3v) is 3.55. The molecule has 0 atom stereocenters. The number of benzene rings is 2. The second kappa shape index (κ2) is 7.65. The van der Waals surface area contributed by atoms with Crippen molar-refractivity contribution in [1.82, 2.24) is 0 Å². The van der Waals surface area contributed by atoms with E-state index in [2.05, 4.69) is 10.6 Å². The van der Waals surface area contributed by atoms with Crippen molar-refractivity contribution < 1.29 is 19.4 Å². The number of carboxylic acid groups (broad SMARTS) is 1. The molecule has 0 amide bonds. The minimum Gasteiger partial charge on any atom is -0.497 e. The van der Waals surface area contributed by atoms with Gasteiger partial charge >= 0.3 is 5.97 Å². The van der Waals surface area contributed by atoms with Gasteiger partial charge in [0.15, 0.2) is 5.11 Å². The minimum atomic E-state index is -0.991. The highest BCUT2D eigenvalue weighted by Crippen LogP contribution is 2.26. The standard InChI is InChI=1S/C17H18N2O4S/c1-10-4-5-11(16(20)21)6-15(10)19-17(24)18-12-7-13(22-2)9-14(8-12)23-3/h4-9H,1-3H3,(H,20,21)(H2,18,19,24). The normalized spacial score (nSPS) is 9.96. The fourth-order valence-electron chi connectivity index (χ4n) is 2.05. The number of methoxy groups -OCH3 is 2. The van der Waals surface area contributed by atoms with Gasteiger partial charge in [0.1, 0.15) is 11.5 Å². The van der Waals surface area contributed by atoms with E-state index in [4.69, 9.17) is 26.8 Å². The molecular formula is C17H18N2O4S. The van der Waals surface area contributed by atoms with Gasteiger partial charge in [-0.25, -0.2) is 4.79 Å². The molecule has 3 N–H and O–H groups in total. The van der Waals surface area contributed by atoms with Gasteiger partial charge in [-0.05, 0) is 36.8 Å². The summed E-state index contributed by atoms with van der Waals surface area (Å²) in [6, 6.07) is 10.1. The van der Waals surface area contributed by atoms with E-state index in [9.17, 15) is 4.79 Å². The maximum atomic E-state index is 11.1. The maximum Gasteiger partial charge on any atom is 0.335 e. The van der Waals surface area contributed by atoms with Crippen LogP contribution < -0.4 is 20.1 Å². The summed E-state index contributed by atoms with van der Waals surface area (Å²) in [4.78, 5) is 11.1. The van der Waals surface area contributed by atoms with Gasteiger partial charge in [-0.2, -0.15) is 0 Å². The summed E-state index contributed by atoms with van der Waals surface area (Å²) < 4.78 is 10.4. The SMILES string of the molecule is COc1cc(NC(=S)Nc2cc(C(=O)O)ccc2C)cc(OC)c1. The molecule has 6 nitrogen and oxygen atoms in total. The van der Waals surface area contributed by atoms with Gasteiger partial charge in [0.05, 0.1) is 19.8 Å². The van der Waals surface area contributed by atoms with Crippen LogP contribution in [0.3, 0.4) is 0 Å². The van der Waals surface area contributed by atoms with Crippen LogP contribution in [0.25, 0.3) is 0 Å². The Balaban J connectivity index is 2.16. The van der Waals surface area contributed by atoms with Crippen LogP contribution in [-0.2, 0) is 0 Å². The third kappa shape index (κ3) is 4.36. The fraction of sp³-hybridized carbons (Fsp3) is 0.176. The second-order valence-electron chi connectivity index (χ2n) is 5.02. The van der Waals surface area contributed by atoms with Crippen LogP contribution in [0.1, 0.15) is 15.9 Å². The molecule has 0 aliphatic carbocycles. The van der Waals surface area contributed by atoms with Gasteiger partial charge in [0, 0.05) is 29.6 Å². The van der Waals surface area contributed by atoms with E-state index in [0.29, 0.717) is 28.0 Å². The summed E-state index contributed by atoms with van der Waals surface area (Å²) in [5.41, 5.74) is 2.39. The van der Waals surface area contributed by atoms with E-state index in [-0.39, 0.29) is 5.56 Å². The predicted molar refractivity (Wildman–Crippen MR) is 97.5 cm³/mol. The lowest BCUT2D eigenvalue weighted by Crippen LogP contribution is -2.20. The molecule has 0 radical (unpaired) electrons. The van der Waals surface area contributed by atoms with Gasteiger partial charge in [-0.15, -0.1) is 0 Å². The lowest BCUT2D eigenvalue weighted by atomic mass is 10.1. The average molecular weight is 346 g/mol. The van der Waals surface area contributed by atoms with Gasteiger partial charge in [-0.1, -0.05) is 6.07 Å². The van der Waals surface area contributed by atoms with Gasteiger partial charge in [0.2, 0.25) is 0 Å². The highest BCUT2D eigenvalue weighted by Gasteiger charge is 2.08. The van der Waals surface area contributed by atoms with Crippen molar-refractivity contribution in [2.24, 2.45) is 0 Å². The first-order chi connectivity index (χ1) is 11.4. The highest BCUT2D eigenvalue weighted by molar-refractivity contribution is 7.80. The zero-order valence-corrected chi connectivity index (χ0v) is 14.4. The molecule has 0 fully saturated rings. The molecule has 2 rings (SSSR count). The Labute approximate surface area is 145 Å². The first-order valence-corrected chi connectivity index (χ1v) is 7.48. The number of thiocarbonyl (C=S) groups is 1. The molecule has 0 saturated carbocycles. The van der Waals surface area contributed by atoms with Crippen molar-refractivity contribution >= 4 is 34.7 Å². The van der Waals surface area contributed by atoms with Crippen molar-refractivity contribution in [3.8, 4) is 11.5 Å². The molecule has 0 saturated heterocycles. The van der Waals surface area contributed by atoms with Crippen LogP contribution in [0.2, 0.25) is 0 Å².